The van der Waals surface area contributed by atoms with E-state index in [1.54, 1.807) is 0 Å². The van der Waals surface area contributed by atoms with E-state index in [0.717, 1.165) is 10.5 Å². The zero-order chi connectivity index (χ0) is 10.8. The summed E-state index contributed by atoms with van der Waals surface area (Å²) in [5, 5.41) is 0. The summed E-state index contributed by atoms with van der Waals surface area (Å²) in [5.41, 5.74) is 7.17. The van der Waals surface area contributed by atoms with Gasteiger partial charge in [0, 0.05) is 16.4 Å². The highest BCUT2D eigenvalue weighted by molar-refractivity contribution is 7.80. The topological polar surface area (TPSA) is 26.0 Å². The van der Waals surface area contributed by atoms with E-state index >= 15 is 0 Å². The molecule has 1 atom stereocenters. The fourth-order valence-electron chi connectivity index (χ4n) is 1.24. The SMILES string of the molecule is C=CC(C)(C)C(N)c1ccc(S)cc1. The van der Waals surface area contributed by atoms with Crippen molar-refractivity contribution in [2.24, 2.45) is 11.1 Å². The second-order valence-corrected chi connectivity index (χ2v) is 4.61. The Morgan fingerprint density at radius 2 is 1.86 bits per heavy atom. The van der Waals surface area contributed by atoms with Gasteiger partial charge in [-0.05, 0) is 17.7 Å². The summed E-state index contributed by atoms with van der Waals surface area (Å²) < 4.78 is 0. The molecule has 0 aliphatic heterocycles. The minimum absolute atomic E-state index is 0.0195. The summed E-state index contributed by atoms with van der Waals surface area (Å²) in [4.78, 5) is 0.956. The fraction of sp³-hybridized carbons (Fsp3) is 0.333. The molecule has 2 N–H and O–H groups in total. The van der Waals surface area contributed by atoms with Gasteiger partial charge < -0.3 is 5.73 Å². The van der Waals surface area contributed by atoms with Gasteiger partial charge in [0.2, 0.25) is 0 Å². The van der Waals surface area contributed by atoms with Gasteiger partial charge in [0.05, 0.1) is 0 Å². The third-order valence-corrected chi connectivity index (χ3v) is 2.88. The Kier molecular flexibility index (Phi) is 3.40. The normalized spacial score (nSPS) is 13.7. The van der Waals surface area contributed by atoms with Crippen LogP contribution in [0.15, 0.2) is 41.8 Å². The van der Waals surface area contributed by atoms with Gasteiger partial charge >= 0.3 is 0 Å². The number of nitrogens with two attached hydrogens (primary N) is 1. The summed E-state index contributed by atoms with van der Waals surface area (Å²) in [6.45, 7) is 7.97. The van der Waals surface area contributed by atoms with E-state index in [0.29, 0.717) is 0 Å². The van der Waals surface area contributed by atoms with Crippen molar-refractivity contribution in [1.29, 1.82) is 0 Å². The Hall–Kier alpha value is -0.730. The lowest BCUT2D eigenvalue weighted by Crippen LogP contribution is -2.27. The van der Waals surface area contributed by atoms with Crippen LogP contribution in [0.4, 0.5) is 0 Å². The molecule has 0 bridgehead atoms. The van der Waals surface area contributed by atoms with Crippen LogP contribution in [0.5, 0.6) is 0 Å². The smallest absolute Gasteiger partial charge is 0.0381 e. The predicted molar refractivity (Wildman–Crippen MR) is 64.6 cm³/mol. The van der Waals surface area contributed by atoms with E-state index in [2.05, 4.69) is 33.1 Å². The van der Waals surface area contributed by atoms with E-state index in [1.807, 2.05) is 30.3 Å². The van der Waals surface area contributed by atoms with Crippen molar-refractivity contribution >= 4 is 12.6 Å². The molecule has 76 valence electrons. The Labute approximate surface area is 91.4 Å². The largest absolute Gasteiger partial charge is 0.323 e. The van der Waals surface area contributed by atoms with Crippen LogP contribution in [0.2, 0.25) is 0 Å². The Bertz CT molecular complexity index is 314. The first kappa shape index (κ1) is 11.3. The van der Waals surface area contributed by atoms with Crippen LogP contribution >= 0.6 is 12.6 Å². The minimum Gasteiger partial charge on any atom is -0.323 e. The molecule has 1 rings (SSSR count). The van der Waals surface area contributed by atoms with E-state index in [1.165, 1.54) is 0 Å². The average Bonchev–Trinajstić information content (AvgIpc) is 2.18. The first-order valence-corrected chi connectivity index (χ1v) is 5.10. The number of rotatable bonds is 3. The molecule has 0 fully saturated rings. The van der Waals surface area contributed by atoms with Crippen molar-refractivity contribution in [2.75, 3.05) is 0 Å². The Morgan fingerprint density at radius 1 is 1.36 bits per heavy atom. The molecule has 2 heteroatoms. The van der Waals surface area contributed by atoms with E-state index in [-0.39, 0.29) is 11.5 Å². The van der Waals surface area contributed by atoms with Crippen LogP contribution in [0.3, 0.4) is 0 Å². The molecule has 0 amide bonds. The van der Waals surface area contributed by atoms with E-state index < -0.39 is 0 Å². The third kappa shape index (κ3) is 2.40. The quantitative estimate of drug-likeness (QED) is 0.578. The summed E-state index contributed by atoms with van der Waals surface area (Å²) in [6, 6.07) is 7.92. The first-order chi connectivity index (χ1) is 6.47. The van der Waals surface area contributed by atoms with Gasteiger partial charge in [-0.2, -0.15) is 0 Å². The molecular weight excluding hydrogens is 190 g/mol. The molecular formula is C12H17NS. The molecule has 0 aliphatic carbocycles. The van der Waals surface area contributed by atoms with Gasteiger partial charge in [-0.1, -0.05) is 32.1 Å². The van der Waals surface area contributed by atoms with Gasteiger partial charge in [0.15, 0.2) is 0 Å². The summed E-state index contributed by atoms with van der Waals surface area (Å²) >= 11 is 4.23. The summed E-state index contributed by atoms with van der Waals surface area (Å²) in [7, 11) is 0. The molecule has 1 nitrogen and oxygen atoms in total. The monoisotopic (exact) mass is 207 g/mol. The van der Waals surface area contributed by atoms with Crippen LogP contribution < -0.4 is 5.73 Å². The highest BCUT2D eigenvalue weighted by Crippen LogP contribution is 2.32. The number of hydrogen-bond acceptors (Lipinski definition) is 2. The van der Waals surface area contributed by atoms with Gasteiger partial charge in [-0.25, -0.2) is 0 Å². The molecule has 1 unspecified atom stereocenters. The lowest BCUT2D eigenvalue weighted by molar-refractivity contribution is 0.381. The number of thiol groups is 1. The van der Waals surface area contributed by atoms with Crippen molar-refractivity contribution in [3.05, 3.63) is 42.5 Å². The standard InChI is InChI=1S/C12H17NS/c1-4-12(2,3)11(13)9-5-7-10(14)8-6-9/h4-8,11,14H,1,13H2,2-3H3. The predicted octanol–water partition coefficient (Wildman–Crippen LogP) is 3.19. The number of benzene rings is 1. The lowest BCUT2D eigenvalue weighted by atomic mass is 9.81. The van der Waals surface area contributed by atoms with Crippen LogP contribution in [0.1, 0.15) is 25.5 Å². The third-order valence-electron chi connectivity index (χ3n) is 2.58. The number of hydrogen-bond donors (Lipinski definition) is 2. The molecule has 0 saturated heterocycles. The van der Waals surface area contributed by atoms with Crippen LogP contribution in [-0.2, 0) is 0 Å². The molecule has 1 aromatic rings. The maximum Gasteiger partial charge on any atom is 0.0381 e. The molecule has 0 saturated carbocycles. The van der Waals surface area contributed by atoms with Crippen molar-refractivity contribution in [1.82, 2.24) is 0 Å². The Morgan fingerprint density at radius 3 is 2.29 bits per heavy atom. The van der Waals surface area contributed by atoms with Crippen molar-refractivity contribution in [3.63, 3.8) is 0 Å². The van der Waals surface area contributed by atoms with E-state index in [4.69, 9.17) is 5.73 Å². The van der Waals surface area contributed by atoms with Gasteiger partial charge in [-0.3, -0.25) is 0 Å². The molecule has 0 aromatic heterocycles. The summed E-state index contributed by atoms with van der Waals surface area (Å²) in [6.07, 6.45) is 1.90. The summed E-state index contributed by atoms with van der Waals surface area (Å²) in [5.74, 6) is 0. The van der Waals surface area contributed by atoms with Gasteiger partial charge in [0.1, 0.15) is 0 Å². The average molecular weight is 207 g/mol. The van der Waals surface area contributed by atoms with E-state index in [9.17, 15) is 0 Å². The van der Waals surface area contributed by atoms with Crippen molar-refractivity contribution in [3.8, 4) is 0 Å². The first-order valence-electron chi connectivity index (χ1n) is 4.65. The highest BCUT2D eigenvalue weighted by atomic mass is 32.1. The molecule has 0 aliphatic rings. The highest BCUT2D eigenvalue weighted by Gasteiger charge is 2.23. The molecule has 1 aromatic carbocycles. The Balaban J connectivity index is 2.95. The molecule has 0 spiro atoms. The van der Waals surface area contributed by atoms with Gasteiger partial charge in [-0.15, -0.1) is 19.2 Å². The van der Waals surface area contributed by atoms with Crippen LogP contribution in [0.25, 0.3) is 0 Å². The lowest BCUT2D eigenvalue weighted by Gasteiger charge is -2.28. The second kappa shape index (κ2) is 4.20. The zero-order valence-electron chi connectivity index (χ0n) is 8.70. The van der Waals surface area contributed by atoms with Crippen LogP contribution in [0, 0.1) is 5.41 Å². The van der Waals surface area contributed by atoms with Crippen molar-refractivity contribution < 1.29 is 0 Å². The molecule has 14 heavy (non-hydrogen) atoms. The molecule has 0 radical (unpaired) electrons. The second-order valence-electron chi connectivity index (χ2n) is 4.09. The zero-order valence-corrected chi connectivity index (χ0v) is 9.59. The maximum absolute atomic E-state index is 6.14. The van der Waals surface area contributed by atoms with Crippen molar-refractivity contribution in [2.45, 2.75) is 24.8 Å². The maximum atomic E-state index is 6.14. The minimum atomic E-state index is -0.0852. The molecule has 0 heterocycles. The fourth-order valence-corrected chi connectivity index (χ4v) is 1.39. The van der Waals surface area contributed by atoms with Crippen LogP contribution in [-0.4, -0.2) is 0 Å². The van der Waals surface area contributed by atoms with Gasteiger partial charge in [0.25, 0.3) is 0 Å².